The van der Waals surface area contributed by atoms with Crippen molar-refractivity contribution in [2.75, 3.05) is 5.32 Å². The molecule has 1 aliphatic rings. The van der Waals surface area contributed by atoms with Crippen molar-refractivity contribution in [3.8, 4) is 0 Å². The highest BCUT2D eigenvalue weighted by Gasteiger charge is 2.23. The predicted molar refractivity (Wildman–Crippen MR) is 76.8 cm³/mol. The molecule has 0 saturated heterocycles. The standard InChI is InChI=1S/C15H27N3/c1-11(2)8-13-6-5-7-14(9-13)16-15-10-18(4)17-12(15)3/h10-11,13-14,16H,5-9H2,1-4H3. The lowest BCUT2D eigenvalue weighted by molar-refractivity contribution is 0.289. The van der Waals surface area contributed by atoms with E-state index in [2.05, 4.69) is 37.4 Å². The Bertz CT molecular complexity index is 381. The number of rotatable bonds is 4. The number of nitrogens with zero attached hydrogens (tertiary/aromatic N) is 2. The molecule has 2 rings (SSSR count). The van der Waals surface area contributed by atoms with E-state index in [-0.39, 0.29) is 0 Å². The van der Waals surface area contributed by atoms with E-state index < -0.39 is 0 Å². The van der Waals surface area contributed by atoms with Crippen molar-refractivity contribution in [3.05, 3.63) is 11.9 Å². The Morgan fingerprint density at radius 3 is 2.83 bits per heavy atom. The highest BCUT2D eigenvalue weighted by Crippen LogP contribution is 2.31. The molecule has 1 saturated carbocycles. The van der Waals surface area contributed by atoms with Crippen LogP contribution in [-0.4, -0.2) is 15.8 Å². The largest absolute Gasteiger partial charge is 0.380 e. The molecule has 3 nitrogen and oxygen atoms in total. The van der Waals surface area contributed by atoms with Crippen LogP contribution in [0.15, 0.2) is 6.20 Å². The minimum Gasteiger partial charge on any atom is -0.380 e. The molecule has 0 bridgehead atoms. The number of hydrogen-bond acceptors (Lipinski definition) is 2. The average molecular weight is 249 g/mol. The zero-order valence-electron chi connectivity index (χ0n) is 12.2. The molecule has 1 heterocycles. The van der Waals surface area contributed by atoms with E-state index in [9.17, 15) is 0 Å². The molecule has 18 heavy (non-hydrogen) atoms. The van der Waals surface area contributed by atoms with Gasteiger partial charge in [0.15, 0.2) is 0 Å². The maximum absolute atomic E-state index is 4.40. The third kappa shape index (κ3) is 3.50. The Hall–Kier alpha value is -0.990. The number of aryl methyl sites for hydroxylation is 2. The van der Waals surface area contributed by atoms with Gasteiger partial charge in [-0.05, 0) is 38.0 Å². The zero-order chi connectivity index (χ0) is 13.1. The van der Waals surface area contributed by atoms with Gasteiger partial charge in [0, 0.05) is 19.3 Å². The van der Waals surface area contributed by atoms with Gasteiger partial charge >= 0.3 is 0 Å². The van der Waals surface area contributed by atoms with Crippen LogP contribution in [-0.2, 0) is 7.05 Å². The molecule has 0 aliphatic heterocycles. The molecule has 0 amide bonds. The number of nitrogens with one attached hydrogen (secondary N) is 1. The fourth-order valence-electron chi connectivity index (χ4n) is 3.26. The van der Waals surface area contributed by atoms with Crippen LogP contribution in [0.5, 0.6) is 0 Å². The lowest BCUT2D eigenvalue weighted by Gasteiger charge is -2.31. The van der Waals surface area contributed by atoms with E-state index in [4.69, 9.17) is 0 Å². The first-order valence-electron chi connectivity index (χ1n) is 7.31. The summed E-state index contributed by atoms with van der Waals surface area (Å²) in [6.07, 6.45) is 8.90. The maximum Gasteiger partial charge on any atom is 0.0825 e. The second-order valence-corrected chi connectivity index (χ2v) is 6.31. The van der Waals surface area contributed by atoms with Gasteiger partial charge in [0.05, 0.1) is 11.4 Å². The molecule has 0 aromatic carbocycles. The molecule has 1 fully saturated rings. The minimum atomic E-state index is 0.644. The fraction of sp³-hybridized carbons (Fsp3) is 0.800. The Balaban J connectivity index is 1.91. The molecule has 0 spiro atoms. The van der Waals surface area contributed by atoms with Crippen LogP contribution in [0.3, 0.4) is 0 Å². The van der Waals surface area contributed by atoms with Gasteiger partial charge in [0.25, 0.3) is 0 Å². The molecule has 0 radical (unpaired) electrons. The van der Waals surface area contributed by atoms with Crippen molar-refractivity contribution >= 4 is 5.69 Å². The van der Waals surface area contributed by atoms with Crippen LogP contribution in [0.2, 0.25) is 0 Å². The summed E-state index contributed by atoms with van der Waals surface area (Å²) >= 11 is 0. The van der Waals surface area contributed by atoms with Gasteiger partial charge in [-0.25, -0.2) is 0 Å². The van der Waals surface area contributed by atoms with Gasteiger partial charge in [-0.3, -0.25) is 4.68 Å². The van der Waals surface area contributed by atoms with E-state index in [1.807, 2.05) is 11.7 Å². The topological polar surface area (TPSA) is 29.9 Å². The molecule has 1 aliphatic carbocycles. The summed E-state index contributed by atoms with van der Waals surface area (Å²) in [5.74, 6) is 1.74. The molecule has 102 valence electrons. The van der Waals surface area contributed by atoms with Crippen LogP contribution in [0.1, 0.15) is 51.6 Å². The molecule has 3 heteroatoms. The van der Waals surface area contributed by atoms with Crippen LogP contribution in [0.4, 0.5) is 5.69 Å². The van der Waals surface area contributed by atoms with Crippen LogP contribution in [0, 0.1) is 18.8 Å². The van der Waals surface area contributed by atoms with Crippen molar-refractivity contribution in [1.29, 1.82) is 0 Å². The number of anilines is 1. The van der Waals surface area contributed by atoms with Gasteiger partial charge < -0.3 is 5.32 Å². The van der Waals surface area contributed by atoms with E-state index in [1.165, 1.54) is 37.8 Å². The quantitative estimate of drug-likeness (QED) is 0.881. The third-order valence-corrected chi connectivity index (χ3v) is 3.96. The highest BCUT2D eigenvalue weighted by atomic mass is 15.3. The van der Waals surface area contributed by atoms with E-state index in [1.54, 1.807) is 0 Å². The lowest BCUT2D eigenvalue weighted by atomic mass is 9.81. The minimum absolute atomic E-state index is 0.644. The monoisotopic (exact) mass is 249 g/mol. The van der Waals surface area contributed by atoms with Gasteiger partial charge in [0.2, 0.25) is 0 Å². The maximum atomic E-state index is 4.40. The molecule has 1 aromatic heterocycles. The second-order valence-electron chi connectivity index (χ2n) is 6.31. The highest BCUT2D eigenvalue weighted by molar-refractivity contribution is 5.46. The van der Waals surface area contributed by atoms with Gasteiger partial charge in [-0.2, -0.15) is 5.10 Å². The van der Waals surface area contributed by atoms with Crippen molar-refractivity contribution in [2.24, 2.45) is 18.9 Å². The Labute approximate surface area is 111 Å². The van der Waals surface area contributed by atoms with Crippen LogP contribution >= 0.6 is 0 Å². The van der Waals surface area contributed by atoms with Crippen LogP contribution in [0.25, 0.3) is 0 Å². The van der Waals surface area contributed by atoms with Gasteiger partial charge in [-0.1, -0.05) is 26.7 Å². The third-order valence-electron chi connectivity index (χ3n) is 3.96. The van der Waals surface area contributed by atoms with E-state index in [0.29, 0.717) is 6.04 Å². The van der Waals surface area contributed by atoms with Crippen molar-refractivity contribution in [2.45, 2.75) is 58.9 Å². The molecule has 2 unspecified atom stereocenters. The smallest absolute Gasteiger partial charge is 0.0825 e. The molecule has 2 atom stereocenters. The average Bonchev–Trinajstić information content (AvgIpc) is 2.57. The summed E-state index contributed by atoms with van der Waals surface area (Å²) in [5, 5.41) is 8.09. The van der Waals surface area contributed by atoms with E-state index >= 15 is 0 Å². The summed E-state index contributed by atoms with van der Waals surface area (Å²) in [5.41, 5.74) is 2.33. The second kappa shape index (κ2) is 5.77. The summed E-state index contributed by atoms with van der Waals surface area (Å²) in [7, 11) is 1.99. The molecular formula is C15H27N3. The molecular weight excluding hydrogens is 222 g/mol. The van der Waals surface area contributed by atoms with Gasteiger partial charge in [0.1, 0.15) is 0 Å². The zero-order valence-corrected chi connectivity index (χ0v) is 12.2. The summed E-state index contributed by atoms with van der Waals surface area (Å²) in [6, 6.07) is 0.644. The normalized spacial score (nSPS) is 24.5. The Morgan fingerprint density at radius 1 is 1.44 bits per heavy atom. The first-order valence-corrected chi connectivity index (χ1v) is 7.31. The molecule has 1 N–H and O–H groups in total. The summed E-state index contributed by atoms with van der Waals surface area (Å²) < 4.78 is 1.89. The van der Waals surface area contributed by atoms with Gasteiger partial charge in [-0.15, -0.1) is 0 Å². The Morgan fingerprint density at radius 2 is 2.22 bits per heavy atom. The Kier molecular flexibility index (Phi) is 4.31. The fourth-order valence-corrected chi connectivity index (χ4v) is 3.26. The number of hydrogen-bond donors (Lipinski definition) is 1. The van der Waals surface area contributed by atoms with E-state index in [0.717, 1.165) is 17.5 Å². The van der Waals surface area contributed by atoms with Crippen molar-refractivity contribution in [3.63, 3.8) is 0 Å². The first kappa shape index (κ1) is 13.4. The number of aromatic nitrogens is 2. The van der Waals surface area contributed by atoms with Crippen molar-refractivity contribution < 1.29 is 0 Å². The summed E-state index contributed by atoms with van der Waals surface area (Å²) in [6.45, 7) is 6.75. The first-order chi connectivity index (χ1) is 8.54. The summed E-state index contributed by atoms with van der Waals surface area (Å²) in [4.78, 5) is 0. The molecule has 1 aromatic rings. The SMILES string of the molecule is Cc1nn(C)cc1NC1CCCC(CC(C)C)C1. The van der Waals surface area contributed by atoms with Crippen LogP contribution < -0.4 is 5.32 Å². The predicted octanol–water partition coefficient (Wildman–Crippen LogP) is 3.75. The van der Waals surface area contributed by atoms with Crippen molar-refractivity contribution in [1.82, 2.24) is 9.78 Å². The lowest BCUT2D eigenvalue weighted by Crippen LogP contribution is -2.28.